The van der Waals surface area contributed by atoms with E-state index >= 15 is 0 Å². The molecular weight excluding hydrogens is 248 g/mol. The molecule has 3 heterocycles. The normalized spacial score (nSPS) is 23.4. The summed E-state index contributed by atoms with van der Waals surface area (Å²) in [6, 6.07) is 0. The van der Waals surface area contributed by atoms with Crippen molar-refractivity contribution in [1.82, 2.24) is 19.7 Å². The van der Waals surface area contributed by atoms with Gasteiger partial charge in [0.05, 0.1) is 17.7 Å². The van der Waals surface area contributed by atoms with Crippen molar-refractivity contribution in [3.8, 4) is 0 Å². The summed E-state index contributed by atoms with van der Waals surface area (Å²) in [4.78, 5) is 10.4. The van der Waals surface area contributed by atoms with Gasteiger partial charge in [0.2, 0.25) is 5.95 Å². The van der Waals surface area contributed by atoms with Crippen LogP contribution in [0.25, 0.3) is 11.0 Å². The van der Waals surface area contributed by atoms with Crippen molar-refractivity contribution in [2.45, 2.75) is 12.2 Å². The van der Waals surface area contributed by atoms with Gasteiger partial charge in [-0.15, -0.1) is 0 Å². The lowest BCUT2D eigenvalue weighted by Gasteiger charge is -2.17. The molecule has 19 heavy (non-hydrogen) atoms. The number of aliphatic hydroxyl groups is 1. The summed E-state index contributed by atoms with van der Waals surface area (Å²) in [5, 5.41) is 14.9. The number of hydrogen-bond donors (Lipinski definition) is 2. The minimum absolute atomic E-state index is 0.196. The Morgan fingerprint density at radius 2 is 2.21 bits per heavy atom. The molecule has 0 radical (unpaired) electrons. The molecule has 3 rings (SSSR count). The first-order valence-corrected chi connectivity index (χ1v) is 6.01. The minimum Gasteiger partial charge on any atom is -0.388 e. The number of hydrogen-bond acceptors (Lipinski definition) is 7. The molecule has 0 bridgehead atoms. The van der Waals surface area contributed by atoms with E-state index in [9.17, 15) is 5.11 Å². The quantitative estimate of drug-likeness (QED) is 0.727. The fourth-order valence-corrected chi connectivity index (χ4v) is 2.43. The molecule has 2 aromatic heterocycles. The van der Waals surface area contributed by atoms with E-state index in [1.807, 2.05) is 4.90 Å². The van der Waals surface area contributed by atoms with Gasteiger partial charge in [0.25, 0.3) is 0 Å². The lowest BCUT2D eigenvalue weighted by atomic mass is 10.3. The number of aliphatic hydroxyl groups excluding tert-OH is 1. The minimum atomic E-state index is -0.534. The van der Waals surface area contributed by atoms with E-state index in [1.165, 1.54) is 0 Å². The molecule has 0 amide bonds. The molecule has 1 aliphatic rings. The van der Waals surface area contributed by atoms with Crippen molar-refractivity contribution in [1.29, 1.82) is 0 Å². The third-order valence-corrected chi connectivity index (χ3v) is 3.43. The lowest BCUT2D eigenvalue weighted by Crippen LogP contribution is -2.25. The van der Waals surface area contributed by atoms with Crippen molar-refractivity contribution < 1.29 is 9.84 Å². The summed E-state index contributed by atoms with van der Waals surface area (Å²) in [7, 11) is 3.39. The molecule has 102 valence electrons. The van der Waals surface area contributed by atoms with Gasteiger partial charge in [0.1, 0.15) is 11.9 Å². The van der Waals surface area contributed by atoms with Crippen molar-refractivity contribution in [2.75, 3.05) is 30.8 Å². The molecule has 8 nitrogen and oxygen atoms in total. The predicted molar refractivity (Wildman–Crippen MR) is 69.7 cm³/mol. The Labute approximate surface area is 109 Å². The van der Waals surface area contributed by atoms with Crippen molar-refractivity contribution in [3.05, 3.63) is 6.20 Å². The van der Waals surface area contributed by atoms with Gasteiger partial charge in [-0.05, 0) is 0 Å². The molecule has 2 atom stereocenters. The van der Waals surface area contributed by atoms with E-state index in [0.29, 0.717) is 24.6 Å². The molecule has 8 heteroatoms. The van der Waals surface area contributed by atoms with Crippen molar-refractivity contribution in [2.24, 2.45) is 7.05 Å². The first-order valence-electron chi connectivity index (χ1n) is 6.01. The van der Waals surface area contributed by atoms with Gasteiger partial charge >= 0.3 is 0 Å². The van der Waals surface area contributed by atoms with E-state index < -0.39 is 6.10 Å². The summed E-state index contributed by atoms with van der Waals surface area (Å²) in [5.41, 5.74) is 6.42. The lowest BCUT2D eigenvalue weighted by molar-refractivity contribution is 0.0217. The maximum atomic E-state index is 9.91. The van der Waals surface area contributed by atoms with Crippen LogP contribution in [-0.2, 0) is 11.8 Å². The number of nitrogen functional groups attached to an aromatic ring is 1. The average molecular weight is 264 g/mol. The molecule has 2 aromatic rings. The second kappa shape index (κ2) is 4.32. The Morgan fingerprint density at radius 1 is 1.42 bits per heavy atom. The predicted octanol–water partition coefficient (Wildman–Crippen LogP) is -0.859. The van der Waals surface area contributed by atoms with Gasteiger partial charge in [0.15, 0.2) is 5.65 Å². The summed E-state index contributed by atoms with van der Waals surface area (Å²) in [6.07, 6.45) is 0.951. The zero-order chi connectivity index (χ0) is 13.6. The van der Waals surface area contributed by atoms with Gasteiger partial charge in [-0.25, -0.2) is 0 Å². The first kappa shape index (κ1) is 12.1. The van der Waals surface area contributed by atoms with E-state index in [2.05, 4.69) is 15.1 Å². The van der Waals surface area contributed by atoms with Crippen LogP contribution in [0, 0.1) is 0 Å². The average Bonchev–Trinajstić information content (AvgIpc) is 2.93. The van der Waals surface area contributed by atoms with Crippen LogP contribution in [0.2, 0.25) is 0 Å². The van der Waals surface area contributed by atoms with Crippen LogP contribution in [0.4, 0.5) is 11.8 Å². The molecule has 0 aliphatic carbocycles. The van der Waals surface area contributed by atoms with Crippen molar-refractivity contribution >= 4 is 22.8 Å². The highest BCUT2D eigenvalue weighted by molar-refractivity contribution is 5.88. The highest BCUT2D eigenvalue weighted by Crippen LogP contribution is 2.27. The Kier molecular flexibility index (Phi) is 2.76. The number of rotatable bonds is 2. The molecular formula is C11H16N6O2. The standard InChI is InChI=1S/C11H16N6O2/c1-16-9-6(3-13-16)10(15-11(12)14-9)17-4-7(18)8(5-17)19-2/h3,7-8,18H,4-5H2,1-2H3,(H2,12,14,15)/t7-,8-/m1/s1. The van der Waals surface area contributed by atoms with Crippen LogP contribution in [0.15, 0.2) is 6.20 Å². The smallest absolute Gasteiger partial charge is 0.224 e. The summed E-state index contributed by atoms with van der Waals surface area (Å²) >= 11 is 0. The van der Waals surface area contributed by atoms with E-state index in [0.717, 1.165) is 5.39 Å². The third-order valence-electron chi connectivity index (χ3n) is 3.43. The largest absolute Gasteiger partial charge is 0.388 e. The van der Waals surface area contributed by atoms with Gasteiger partial charge in [-0.3, -0.25) is 4.68 Å². The molecule has 1 saturated heterocycles. The van der Waals surface area contributed by atoms with Gasteiger partial charge in [0, 0.05) is 27.2 Å². The summed E-state index contributed by atoms with van der Waals surface area (Å²) in [5.74, 6) is 0.885. The number of aromatic nitrogens is 4. The van der Waals surface area contributed by atoms with Crippen LogP contribution < -0.4 is 10.6 Å². The first-order chi connectivity index (χ1) is 9.10. The number of nitrogens with zero attached hydrogens (tertiary/aromatic N) is 5. The molecule has 0 spiro atoms. The number of fused-ring (bicyclic) bond motifs is 1. The second-order valence-corrected chi connectivity index (χ2v) is 4.66. The fraction of sp³-hybridized carbons (Fsp3) is 0.545. The topological polar surface area (TPSA) is 102 Å². The zero-order valence-electron chi connectivity index (χ0n) is 10.8. The molecule has 0 aromatic carbocycles. The van der Waals surface area contributed by atoms with Crippen LogP contribution in [0.1, 0.15) is 0 Å². The number of methoxy groups -OCH3 is 1. The second-order valence-electron chi connectivity index (χ2n) is 4.66. The molecule has 1 aliphatic heterocycles. The fourth-order valence-electron chi connectivity index (χ4n) is 2.43. The molecule has 0 unspecified atom stereocenters. The summed E-state index contributed by atoms with van der Waals surface area (Å²) in [6.45, 7) is 1.02. The van der Waals surface area contributed by atoms with E-state index in [4.69, 9.17) is 10.5 Å². The maximum Gasteiger partial charge on any atom is 0.224 e. The Bertz CT molecular complexity index is 612. The highest BCUT2D eigenvalue weighted by atomic mass is 16.5. The zero-order valence-corrected chi connectivity index (χ0v) is 10.8. The van der Waals surface area contributed by atoms with Crippen LogP contribution >= 0.6 is 0 Å². The third kappa shape index (κ3) is 1.89. The van der Waals surface area contributed by atoms with E-state index in [-0.39, 0.29) is 12.1 Å². The Hall–Kier alpha value is -1.93. The Balaban J connectivity index is 2.06. The number of nitrogens with two attached hydrogens (primary N) is 1. The maximum absolute atomic E-state index is 9.91. The number of ether oxygens (including phenoxy) is 1. The van der Waals surface area contributed by atoms with Crippen LogP contribution in [0.3, 0.4) is 0 Å². The van der Waals surface area contributed by atoms with Gasteiger partial charge in [-0.2, -0.15) is 15.1 Å². The molecule has 1 fully saturated rings. The van der Waals surface area contributed by atoms with Crippen LogP contribution in [-0.4, -0.2) is 57.3 Å². The number of anilines is 2. The monoisotopic (exact) mass is 264 g/mol. The SMILES string of the molecule is CO[C@@H]1CN(c2nc(N)nc3c2cnn3C)C[C@H]1O. The molecule has 0 saturated carbocycles. The van der Waals surface area contributed by atoms with Gasteiger partial charge < -0.3 is 20.5 Å². The van der Waals surface area contributed by atoms with Gasteiger partial charge in [-0.1, -0.05) is 0 Å². The highest BCUT2D eigenvalue weighted by Gasteiger charge is 2.33. The summed E-state index contributed by atoms with van der Waals surface area (Å²) < 4.78 is 6.89. The number of aryl methyl sites for hydroxylation is 1. The van der Waals surface area contributed by atoms with Crippen LogP contribution in [0.5, 0.6) is 0 Å². The van der Waals surface area contributed by atoms with Crippen molar-refractivity contribution in [3.63, 3.8) is 0 Å². The Morgan fingerprint density at radius 3 is 2.89 bits per heavy atom. The molecule has 3 N–H and O–H groups in total. The number of β-amino-alcohol motifs (C(OH)–C–C–N with tert-alkyl or cyclic N) is 1. The van der Waals surface area contributed by atoms with E-state index in [1.54, 1.807) is 25.0 Å².